The van der Waals surface area contributed by atoms with E-state index in [0.717, 1.165) is 24.8 Å². The number of benzene rings is 1. The first kappa shape index (κ1) is 15.0. The van der Waals surface area contributed by atoms with E-state index in [1.54, 1.807) is 12.1 Å². The second-order valence-corrected chi connectivity index (χ2v) is 7.53. The van der Waals surface area contributed by atoms with Crippen molar-refractivity contribution < 1.29 is 21.8 Å². The number of rotatable bonds is 7. The van der Waals surface area contributed by atoms with Crippen LogP contribution in [0.25, 0.3) is 0 Å². The Morgan fingerprint density at radius 3 is 2.17 bits per heavy atom. The molecule has 0 aliphatic rings. The van der Waals surface area contributed by atoms with Gasteiger partial charge in [0.15, 0.2) is 0 Å². The summed E-state index contributed by atoms with van der Waals surface area (Å²) in [7, 11) is 0. The summed E-state index contributed by atoms with van der Waals surface area (Å²) in [5.41, 5.74) is 1.01. The Kier molecular flexibility index (Phi) is 5.66. The molecule has 1 aromatic rings. The summed E-state index contributed by atoms with van der Waals surface area (Å²) in [5, 5.41) is 8.46. The van der Waals surface area contributed by atoms with Crippen molar-refractivity contribution in [2.75, 3.05) is 0 Å². The molecule has 0 saturated heterocycles. The van der Waals surface area contributed by atoms with E-state index >= 15 is 0 Å². The molecule has 0 aliphatic heterocycles. The SMILES string of the molecule is O=C(O)CCCCCc1ccc([As](=O)(O)O)cc1. The number of hydrogen-bond donors (Lipinski definition) is 3. The van der Waals surface area contributed by atoms with Gasteiger partial charge in [-0.15, -0.1) is 0 Å². The Bertz CT molecular complexity index is 434. The molecule has 0 heterocycles. The molecule has 0 fully saturated rings. The van der Waals surface area contributed by atoms with Gasteiger partial charge in [-0.25, -0.2) is 0 Å². The van der Waals surface area contributed by atoms with Gasteiger partial charge in [0.2, 0.25) is 0 Å². The minimum atomic E-state index is -4.76. The molecular formula is C12H17AsO5. The Morgan fingerprint density at radius 2 is 1.67 bits per heavy atom. The molecule has 5 nitrogen and oxygen atoms in total. The van der Waals surface area contributed by atoms with Crippen molar-refractivity contribution in [3.05, 3.63) is 29.8 Å². The van der Waals surface area contributed by atoms with E-state index in [9.17, 15) is 8.53 Å². The fourth-order valence-electron chi connectivity index (χ4n) is 1.64. The normalized spacial score (nSPS) is 11.4. The number of aryl methyl sites for hydroxylation is 1. The maximum atomic E-state index is 11.0. The molecule has 100 valence electrons. The Balaban J connectivity index is 2.36. The van der Waals surface area contributed by atoms with Crippen molar-refractivity contribution in [3.8, 4) is 0 Å². The zero-order valence-electron chi connectivity index (χ0n) is 9.95. The van der Waals surface area contributed by atoms with E-state index in [4.69, 9.17) is 13.3 Å². The molecule has 0 radical (unpaired) electrons. The Morgan fingerprint density at radius 1 is 1.06 bits per heavy atom. The molecule has 1 rings (SSSR count). The van der Waals surface area contributed by atoms with Crippen LogP contribution < -0.4 is 4.35 Å². The van der Waals surface area contributed by atoms with Crippen LogP contribution in [-0.4, -0.2) is 33.4 Å². The average Bonchev–Trinajstić information content (AvgIpc) is 2.27. The molecule has 0 atom stereocenters. The monoisotopic (exact) mass is 316 g/mol. The fourth-order valence-corrected chi connectivity index (χ4v) is 2.77. The van der Waals surface area contributed by atoms with Gasteiger partial charge >= 0.3 is 108 Å². The number of carboxylic acid groups (broad SMARTS) is 1. The third kappa shape index (κ3) is 5.54. The second kappa shape index (κ2) is 6.78. The van der Waals surface area contributed by atoms with Gasteiger partial charge in [-0.05, 0) is 0 Å². The van der Waals surface area contributed by atoms with Gasteiger partial charge in [-0.1, -0.05) is 0 Å². The number of carbonyl (C=O) groups is 1. The predicted octanol–water partition coefficient (Wildman–Crippen LogP) is 0.435. The van der Waals surface area contributed by atoms with Crippen LogP contribution in [0.1, 0.15) is 31.2 Å². The number of carboxylic acids is 1. The molecule has 3 N–H and O–H groups in total. The quantitative estimate of drug-likeness (QED) is 0.501. The number of unbranched alkanes of at least 4 members (excludes halogenated alkanes) is 2. The minimum absolute atomic E-state index is 0.0859. The molecule has 18 heavy (non-hydrogen) atoms. The molecule has 0 aliphatic carbocycles. The van der Waals surface area contributed by atoms with E-state index in [-0.39, 0.29) is 10.8 Å². The molecule has 0 spiro atoms. The summed E-state index contributed by atoms with van der Waals surface area (Å²) >= 11 is -4.76. The van der Waals surface area contributed by atoms with Crippen molar-refractivity contribution >= 4 is 24.5 Å². The number of aliphatic carboxylic acids is 1. The molecular weight excluding hydrogens is 299 g/mol. The van der Waals surface area contributed by atoms with E-state index in [1.165, 1.54) is 12.1 Å². The van der Waals surface area contributed by atoms with Gasteiger partial charge in [-0.2, -0.15) is 0 Å². The van der Waals surface area contributed by atoms with Crippen molar-refractivity contribution in [2.24, 2.45) is 0 Å². The van der Waals surface area contributed by atoms with Gasteiger partial charge in [0.05, 0.1) is 0 Å². The van der Waals surface area contributed by atoms with Gasteiger partial charge in [0.25, 0.3) is 0 Å². The van der Waals surface area contributed by atoms with Gasteiger partial charge < -0.3 is 0 Å². The van der Waals surface area contributed by atoms with Crippen LogP contribution in [0.4, 0.5) is 0 Å². The van der Waals surface area contributed by atoms with Gasteiger partial charge in [0, 0.05) is 0 Å². The van der Waals surface area contributed by atoms with Crippen LogP contribution in [0, 0.1) is 0 Å². The van der Waals surface area contributed by atoms with E-state index in [0.29, 0.717) is 6.42 Å². The number of hydrogen-bond acceptors (Lipinski definition) is 2. The maximum absolute atomic E-state index is 11.0. The van der Waals surface area contributed by atoms with Crippen molar-refractivity contribution in [1.82, 2.24) is 0 Å². The first-order chi connectivity index (χ1) is 8.39. The fraction of sp³-hybridized carbons (Fsp3) is 0.417. The summed E-state index contributed by atoms with van der Waals surface area (Å²) in [6.07, 6.45) is 3.39. The summed E-state index contributed by atoms with van der Waals surface area (Å²) in [4.78, 5) is 10.3. The standard InChI is InChI=1S/C12H17AsO5/c14-12(15)5-3-1-2-4-10-6-8-11(9-7-10)13(16,17)18/h6-9H,1-5H2,(H,14,15)(H2,16,17,18). The topological polar surface area (TPSA) is 94.8 Å². The molecule has 0 aromatic heterocycles. The van der Waals surface area contributed by atoms with Crippen LogP contribution in [-0.2, 0) is 15.0 Å². The first-order valence-corrected chi connectivity index (χ1v) is 9.15. The zero-order valence-corrected chi connectivity index (χ0v) is 11.8. The molecule has 0 saturated carbocycles. The van der Waals surface area contributed by atoms with E-state index in [1.807, 2.05) is 0 Å². The third-order valence-electron chi connectivity index (χ3n) is 2.63. The molecule has 0 unspecified atom stereocenters. The van der Waals surface area contributed by atoms with Crippen molar-refractivity contribution in [2.45, 2.75) is 32.1 Å². The third-order valence-corrected chi connectivity index (χ3v) is 4.67. The molecule has 0 bridgehead atoms. The van der Waals surface area contributed by atoms with E-state index in [2.05, 4.69) is 0 Å². The van der Waals surface area contributed by atoms with E-state index < -0.39 is 20.1 Å². The van der Waals surface area contributed by atoms with Crippen molar-refractivity contribution in [1.29, 1.82) is 0 Å². The van der Waals surface area contributed by atoms with Crippen LogP contribution in [0.15, 0.2) is 24.3 Å². The van der Waals surface area contributed by atoms with Crippen LogP contribution >= 0.6 is 0 Å². The Labute approximate surface area is 108 Å². The van der Waals surface area contributed by atoms with Crippen LogP contribution in [0.2, 0.25) is 0 Å². The zero-order chi connectivity index (χ0) is 13.6. The average molecular weight is 316 g/mol. The van der Waals surface area contributed by atoms with Crippen LogP contribution in [0.3, 0.4) is 0 Å². The predicted molar refractivity (Wildman–Crippen MR) is 66.8 cm³/mol. The summed E-state index contributed by atoms with van der Waals surface area (Å²) in [6, 6.07) is 6.36. The van der Waals surface area contributed by atoms with Gasteiger partial charge in [0.1, 0.15) is 0 Å². The molecule has 6 heteroatoms. The summed E-state index contributed by atoms with van der Waals surface area (Å²) < 4.78 is 29.1. The summed E-state index contributed by atoms with van der Waals surface area (Å²) in [6.45, 7) is 0. The molecule has 1 aromatic carbocycles. The summed E-state index contributed by atoms with van der Waals surface area (Å²) in [5.74, 6) is -0.775. The Hall–Kier alpha value is -1.03. The first-order valence-electron chi connectivity index (χ1n) is 5.76. The molecule has 0 amide bonds. The van der Waals surface area contributed by atoms with Gasteiger partial charge in [-0.3, -0.25) is 0 Å². The second-order valence-electron chi connectivity index (χ2n) is 4.16. The van der Waals surface area contributed by atoms with Crippen LogP contribution in [0.5, 0.6) is 0 Å². The van der Waals surface area contributed by atoms with Crippen molar-refractivity contribution in [3.63, 3.8) is 0 Å².